The first-order valence-electron chi connectivity index (χ1n) is 19.9. The van der Waals surface area contributed by atoms with Crippen molar-refractivity contribution in [3.8, 4) is 11.5 Å². The van der Waals surface area contributed by atoms with Gasteiger partial charge >= 0.3 is 35.8 Å². The molecule has 0 aliphatic carbocycles. The predicted octanol–water partition coefficient (Wildman–Crippen LogP) is 9.30. The summed E-state index contributed by atoms with van der Waals surface area (Å²) in [6, 6.07) is 9.79. The molecule has 0 saturated carbocycles. The van der Waals surface area contributed by atoms with Gasteiger partial charge in [-0.05, 0) is 149 Å². The Bertz CT molecular complexity index is 1660. The molecule has 0 atom stereocenters. The maximum atomic E-state index is 11.6. The highest BCUT2D eigenvalue weighted by atomic mass is 79.9. The molecular formula is C45H67BrO14. The summed E-state index contributed by atoms with van der Waals surface area (Å²) in [5.41, 5.74) is 1.05. The van der Waals surface area contributed by atoms with Gasteiger partial charge in [-0.25, -0.2) is 9.59 Å². The third-order valence-corrected chi connectivity index (χ3v) is 7.71. The van der Waals surface area contributed by atoms with Gasteiger partial charge in [-0.3, -0.25) is 19.2 Å². The summed E-state index contributed by atoms with van der Waals surface area (Å²) in [4.78, 5) is 66.3. The van der Waals surface area contributed by atoms with Gasteiger partial charge in [-0.1, -0.05) is 15.9 Å². The summed E-state index contributed by atoms with van der Waals surface area (Å²) in [7, 11) is 1.35. The molecule has 1 aliphatic rings. The summed E-state index contributed by atoms with van der Waals surface area (Å²) in [6.07, 6.45) is 4.62. The van der Waals surface area contributed by atoms with Crippen LogP contribution in [0, 0.1) is 13.8 Å². The van der Waals surface area contributed by atoms with Gasteiger partial charge in [0.2, 0.25) is 0 Å². The van der Waals surface area contributed by atoms with Crippen LogP contribution in [0.1, 0.15) is 146 Å². The third-order valence-electron chi connectivity index (χ3n) is 7.15. The molecule has 14 nitrogen and oxygen atoms in total. The first kappa shape index (κ1) is 55.3. The van der Waals surface area contributed by atoms with Crippen molar-refractivity contribution in [1.29, 1.82) is 0 Å². The van der Waals surface area contributed by atoms with E-state index in [4.69, 9.17) is 28.8 Å². The molecule has 1 saturated heterocycles. The fourth-order valence-corrected chi connectivity index (χ4v) is 4.94. The molecule has 0 spiro atoms. The van der Waals surface area contributed by atoms with E-state index in [-0.39, 0.29) is 41.0 Å². The van der Waals surface area contributed by atoms with Crippen LogP contribution in [0.4, 0.5) is 0 Å². The van der Waals surface area contributed by atoms with Crippen molar-refractivity contribution < 1.29 is 67.0 Å². The largest absolute Gasteiger partial charge is 0.493 e. The number of hydrogen-bond donors (Lipinski definition) is 1. The minimum absolute atomic E-state index is 0.0463. The van der Waals surface area contributed by atoms with E-state index >= 15 is 0 Å². The highest BCUT2D eigenvalue weighted by Crippen LogP contribution is 2.21. The normalized spacial score (nSPS) is 12.1. The van der Waals surface area contributed by atoms with Crippen LogP contribution in [0.15, 0.2) is 36.4 Å². The van der Waals surface area contributed by atoms with Crippen LogP contribution < -0.4 is 9.47 Å². The van der Waals surface area contributed by atoms with E-state index in [2.05, 4.69) is 25.4 Å². The van der Waals surface area contributed by atoms with Crippen LogP contribution in [0.3, 0.4) is 0 Å². The molecule has 0 amide bonds. The molecule has 60 heavy (non-hydrogen) atoms. The number of halogens is 1. The summed E-state index contributed by atoms with van der Waals surface area (Å²) < 4.78 is 35.9. The minimum atomic E-state index is -0.963. The topological polar surface area (TPSA) is 187 Å². The number of esters is 5. The Morgan fingerprint density at radius 3 is 1.37 bits per heavy atom. The van der Waals surface area contributed by atoms with Crippen molar-refractivity contribution in [2.75, 3.05) is 32.3 Å². The predicted molar refractivity (Wildman–Crippen MR) is 231 cm³/mol. The first-order valence-corrected chi connectivity index (χ1v) is 21.0. The Morgan fingerprint density at radius 1 is 0.667 bits per heavy atom. The van der Waals surface area contributed by atoms with Crippen molar-refractivity contribution in [1.82, 2.24) is 0 Å². The van der Waals surface area contributed by atoms with E-state index in [1.54, 1.807) is 37.3 Å². The van der Waals surface area contributed by atoms with E-state index in [1.807, 2.05) is 69.2 Å². The number of hydrogen-bond acceptors (Lipinski definition) is 13. The molecular weight excluding hydrogens is 844 g/mol. The number of carboxylic acid groups (broad SMARTS) is 1. The van der Waals surface area contributed by atoms with E-state index < -0.39 is 17.2 Å². The Labute approximate surface area is 364 Å². The number of carbonyl (C=O) groups is 6. The zero-order valence-corrected chi connectivity index (χ0v) is 39.2. The molecule has 0 aromatic heterocycles. The first-order chi connectivity index (χ1) is 27.8. The van der Waals surface area contributed by atoms with Crippen molar-refractivity contribution in [2.24, 2.45) is 0 Å². The molecule has 0 bridgehead atoms. The van der Waals surface area contributed by atoms with Crippen LogP contribution >= 0.6 is 15.9 Å². The molecule has 3 rings (SSSR count). The lowest BCUT2D eigenvalue weighted by atomic mass is 10.1. The molecule has 0 unspecified atom stereocenters. The highest BCUT2D eigenvalue weighted by Gasteiger charge is 2.18. The lowest BCUT2D eigenvalue weighted by molar-refractivity contribution is -0.156. The number of ether oxygens (including phenoxy) is 7. The number of methoxy groups -OCH3 is 1. The Kier molecular flexibility index (Phi) is 25.8. The molecule has 2 aromatic rings. The fraction of sp³-hybridized carbons (Fsp3) is 0.600. The second-order valence-electron chi connectivity index (χ2n) is 16.5. The van der Waals surface area contributed by atoms with Crippen LogP contribution in [-0.2, 0) is 42.9 Å². The summed E-state index contributed by atoms with van der Waals surface area (Å²) in [5.74, 6) is -0.653. The maximum Gasteiger partial charge on any atom is 0.337 e. The van der Waals surface area contributed by atoms with Gasteiger partial charge in [-0.15, -0.1) is 0 Å². The van der Waals surface area contributed by atoms with Gasteiger partial charge in [-0.2, -0.15) is 0 Å². The third kappa shape index (κ3) is 28.7. The van der Waals surface area contributed by atoms with Crippen LogP contribution in [-0.4, -0.2) is 90.0 Å². The van der Waals surface area contributed by atoms with Crippen LogP contribution in [0.25, 0.3) is 0 Å². The highest BCUT2D eigenvalue weighted by molar-refractivity contribution is 9.09. The summed E-state index contributed by atoms with van der Waals surface area (Å²) in [5, 5.41) is 9.73. The van der Waals surface area contributed by atoms with Gasteiger partial charge in [0, 0.05) is 31.0 Å². The summed E-state index contributed by atoms with van der Waals surface area (Å²) in [6.45, 7) is 21.7. The van der Waals surface area contributed by atoms with E-state index in [1.165, 1.54) is 13.2 Å². The second kappa shape index (κ2) is 28.0. The molecule has 1 N–H and O–H groups in total. The van der Waals surface area contributed by atoms with Gasteiger partial charge < -0.3 is 38.3 Å². The number of rotatable bonds is 15. The number of cyclic esters (lactones) is 1. The van der Waals surface area contributed by atoms with Crippen molar-refractivity contribution >= 4 is 51.7 Å². The maximum absolute atomic E-state index is 11.6. The molecule has 338 valence electrons. The average Bonchev–Trinajstić information content (AvgIpc) is 3.61. The van der Waals surface area contributed by atoms with E-state index in [9.17, 15) is 28.8 Å². The SMILES string of the molecule is CC(C)(C)OC(=O)CCCBr.COC(=O)c1ccc(OCCCC(=O)OC(C)(C)C)c(C)c1.Cc1cc(C(=O)O)ccc1OCCCC(=O)OC(C)(C)C.O=C1CCCO1. The number of alkyl halides is 1. The monoisotopic (exact) mass is 910 g/mol. The zero-order chi connectivity index (χ0) is 46.1. The molecule has 15 heteroatoms. The smallest absolute Gasteiger partial charge is 0.337 e. The quantitative estimate of drug-likeness (QED) is 0.0771. The number of carbonyl (C=O) groups excluding carboxylic acids is 5. The van der Waals surface area contributed by atoms with Gasteiger partial charge in [0.05, 0.1) is 38.1 Å². The Balaban J connectivity index is 0.000000845. The van der Waals surface area contributed by atoms with Gasteiger partial charge in [0.1, 0.15) is 28.3 Å². The van der Waals surface area contributed by atoms with Crippen LogP contribution in [0.5, 0.6) is 11.5 Å². The van der Waals surface area contributed by atoms with Gasteiger partial charge in [0.25, 0.3) is 0 Å². The Morgan fingerprint density at radius 2 is 1.07 bits per heavy atom. The standard InChI is InChI=1S/C17H24O5.C16H22O5.C8H15BrO2.C4H6O2/c1-12-11-13(16(19)20-5)8-9-14(12)21-10-6-7-15(18)22-17(2,3)4;1-11-10-12(15(18)19)7-8-13(11)20-9-5-6-14(17)21-16(2,3)4;1-8(2,3)11-7(10)5-4-6-9;5-4-2-1-3-6-4/h8-9,11H,6-7,10H2,1-5H3;7-8,10H,5-6,9H2,1-4H3,(H,18,19);4-6H2,1-3H3;1-3H2. The lowest BCUT2D eigenvalue weighted by Gasteiger charge is -2.19. The number of aromatic carboxylic acids is 1. The molecule has 1 aliphatic heterocycles. The summed E-state index contributed by atoms with van der Waals surface area (Å²) >= 11 is 3.25. The lowest BCUT2D eigenvalue weighted by Crippen LogP contribution is -2.24. The van der Waals surface area contributed by atoms with Crippen molar-refractivity contribution in [2.45, 2.75) is 144 Å². The number of carboxylic acids is 1. The fourth-order valence-electron chi connectivity index (χ4n) is 4.66. The zero-order valence-electron chi connectivity index (χ0n) is 37.6. The molecule has 1 fully saturated rings. The minimum Gasteiger partial charge on any atom is -0.493 e. The van der Waals surface area contributed by atoms with Gasteiger partial charge in [0.15, 0.2) is 0 Å². The van der Waals surface area contributed by atoms with Crippen molar-refractivity contribution in [3.63, 3.8) is 0 Å². The molecule has 0 radical (unpaired) electrons. The Hall–Kier alpha value is -4.66. The van der Waals surface area contributed by atoms with Crippen LogP contribution in [0.2, 0.25) is 0 Å². The average molecular weight is 912 g/mol. The van der Waals surface area contributed by atoms with E-state index in [0.717, 1.165) is 29.3 Å². The molecule has 1 heterocycles. The second-order valence-corrected chi connectivity index (χ2v) is 17.3. The van der Waals surface area contributed by atoms with Crippen molar-refractivity contribution in [3.05, 3.63) is 58.7 Å². The number of benzene rings is 2. The molecule has 2 aromatic carbocycles. The van der Waals surface area contributed by atoms with E-state index in [0.29, 0.717) is 75.4 Å². The number of aryl methyl sites for hydroxylation is 2.